The zero-order valence-corrected chi connectivity index (χ0v) is 23.2. The SMILES string of the molecule is COc1ccccc1N(CC(=O)N(Cc1ccccc1)C(C)C(=O)NC(C)(C)C)S(=O)(=O)c1ccccc1. The fraction of sp³-hybridized carbons (Fsp3) is 0.310. The van der Waals surface area contributed by atoms with E-state index in [0.29, 0.717) is 5.75 Å². The highest BCUT2D eigenvalue weighted by Gasteiger charge is 2.34. The van der Waals surface area contributed by atoms with Gasteiger partial charge in [-0.1, -0.05) is 60.7 Å². The Morgan fingerprint density at radius 1 is 0.895 bits per heavy atom. The third kappa shape index (κ3) is 7.13. The van der Waals surface area contributed by atoms with Gasteiger partial charge in [-0.25, -0.2) is 8.42 Å². The molecular weight excluding hydrogens is 502 g/mol. The summed E-state index contributed by atoms with van der Waals surface area (Å²) in [5.74, 6) is -0.569. The van der Waals surface area contributed by atoms with Crippen LogP contribution in [0.25, 0.3) is 0 Å². The summed E-state index contributed by atoms with van der Waals surface area (Å²) in [6, 6.07) is 22.9. The first-order chi connectivity index (χ1) is 17.9. The molecule has 202 valence electrons. The summed E-state index contributed by atoms with van der Waals surface area (Å²) in [6.07, 6.45) is 0. The van der Waals surface area contributed by atoms with Crippen LogP contribution in [0.1, 0.15) is 33.3 Å². The van der Waals surface area contributed by atoms with Crippen molar-refractivity contribution < 1.29 is 22.7 Å². The van der Waals surface area contributed by atoms with Gasteiger partial charge in [-0.3, -0.25) is 13.9 Å². The predicted molar refractivity (Wildman–Crippen MR) is 148 cm³/mol. The van der Waals surface area contributed by atoms with E-state index in [4.69, 9.17) is 4.74 Å². The minimum Gasteiger partial charge on any atom is -0.495 e. The molecule has 2 amide bonds. The van der Waals surface area contributed by atoms with Crippen LogP contribution in [0.3, 0.4) is 0 Å². The van der Waals surface area contributed by atoms with Crippen molar-refractivity contribution in [1.82, 2.24) is 10.2 Å². The molecule has 0 saturated heterocycles. The van der Waals surface area contributed by atoms with Crippen molar-refractivity contribution in [2.45, 2.75) is 50.7 Å². The Kier molecular flexibility index (Phi) is 9.17. The van der Waals surface area contributed by atoms with Crippen molar-refractivity contribution >= 4 is 27.5 Å². The van der Waals surface area contributed by atoms with Crippen molar-refractivity contribution in [2.75, 3.05) is 18.0 Å². The van der Waals surface area contributed by atoms with E-state index in [0.717, 1.165) is 9.87 Å². The van der Waals surface area contributed by atoms with E-state index in [1.165, 1.54) is 24.1 Å². The van der Waals surface area contributed by atoms with Gasteiger partial charge in [0.1, 0.15) is 18.3 Å². The molecule has 1 N–H and O–H groups in total. The molecule has 0 radical (unpaired) electrons. The first-order valence-electron chi connectivity index (χ1n) is 12.3. The predicted octanol–water partition coefficient (Wildman–Crippen LogP) is 4.22. The lowest BCUT2D eigenvalue weighted by Gasteiger charge is -2.33. The van der Waals surface area contributed by atoms with Gasteiger partial charge in [-0.15, -0.1) is 0 Å². The first-order valence-corrected chi connectivity index (χ1v) is 13.7. The molecule has 1 atom stereocenters. The number of carbonyl (C=O) groups excluding carboxylic acids is 2. The highest BCUT2D eigenvalue weighted by atomic mass is 32.2. The zero-order valence-electron chi connectivity index (χ0n) is 22.4. The van der Waals surface area contributed by atoms with Gasteiger partial charge in [0.05, 0.1) is 17.7 Å². The third-order valence-electron chi connectivity index (χ3n) is 5.83. The Bertz CT molecular complexity index is 1340. The minimum absolute atomic E-state index is 0.0341. The quantitative estimate of drug-likeness (QED) is 0.418. The Morgan fingerprint density at radius 2 is 1.45 bits per heavy atom. The van der Waals surface area contributed by atoms with E-state index >= 15 is 0 Å². The van der Waals surface area contributed by atoms with Crippen molar-refractivity contribution in [3.05, 3.63) is 90.5 Å². The largest absolute Gasteiger partial charge is 0.495 e. The van der Waals surface area contributed by atoms with Crippen molar-refractivity contribution in [1.29, 1.82) is 0 Å². The third-order valence-corrected chi connectivity index (χ3v) is 7.60. The number of nitrogens with one attached hydrogen (secondary N) is 1. The second kappa shape index (κ2) is 12.1. The van der Waals surface area contributed by atoms with Crippen molar-refractivity contribution in [3.8, 4) is 5.75 Å². The van der Waals surface area contributed by atoms with Gasteiger partial charge in [0.15, 0.2) is 0 Å². The maximum Gasteiger partial charge on any atom is 0.264 e. The zero-order chi connectivity index (χ0) is 27.9. The standard InChI is InChI=1S/C29H35N3O5S/c1-22(28(34)30-29(2,3)4)31(20-23-14-8-6-9-15-23)27(33)21-32(25-18-12-13-19-26(25)37-5)38(35,36)24-16-10-7-11-17-24/h6-19,22H,20-21H2,1-5H3,(H,30,34). The van der Waals surface area contributed by atoms with Crippen LogP contribution in [-0.2, 0) is 26.2 Å². The van der Waals surface area contributed by atoms with E-state index < -0.39 is 34.1 Å². The fourth-order valence-electron chi connectivity index (χ4n) is 3.91. The number of hydrogen-bond acceptors (Lipinski definition) is 5. The van der Waals surface area contributed by atoms with Crippen LogP contribution in [0, 0.1) is 0 Å². The molecule has 8 nitrogen and oxygen atoms in total. The molecular formula is C29H35N3O5S. The number of methoxy groups -OCH3 is 1. The second-order valence-corrected chi connectivity index (χ2v) is 11.8. The Balaban J connectivity index is 2.05. The van der Waals surface area contributed by atoms with E-state index in [1.807, 2.05) is 51.1 Å². The second-order valence-electron chi connectivity index (χ2n) is 9.92. The number of hydrogen-bond donors (Lipinski definition) is 1. The molecule has 0 bridgehead atoms. The Hall–Kier alpha value is -3.85. The molecule has 3 aromatic carbocycles. The van der Waals surface area contributed by atoms with Crippen LogP contribution < -0.4 is 14.4 Å². The van der Waals surface area contributed by atoms with Crippen molar-refractivity contribution in [2.24, 2.45) is 0 Å². The topological polar surface area (TPSA) is 96.0 Å². The molecule has 0 aliphatic heterocycles. The molecule has 0 aliphatic carbocycles. The summed E-state index contributed by atoms with van der Waals surface area (Å²) in [6.45, 7) is 6.81. The maximum absolute atomic E-state index is 13.9. The van der Waals surface area contributed by atoms with Crippen LogP contribution in [-0.4, -0.2) is 50.4 Å². The number of amides is 2. The lowest BCUT2D eigenvalue weighted by Crippen LogP contribution is -2.54. The van der Waals surface area contributed by atoms with Gasteiger partial charge >= 0.3 is 0 Å². The molecule has 0 saturated carbocycles. The molecule has 0 fully saturated rings. The van der Waals surface area contributed by atoms with Crippen molar-refractivity contribution in [3.63, 3.8) is 0 Å². The van der Waals surface area contributed by atoms with Gasteiger partial charge in [0.25, 0.3) is 10.0 Å². The molecule has 38 heavy (non-hydrogen) atoms. The van der Waals surface area contributed by atoms with Gasteiger partial charge in [0, 0.05) is 12.1 Å². The molecule has 9 heteroatoms. The Labute approximate surface area is 225 Å². The average molecular weight is 538 g/mol. The summed E-state index contributed by atoms with van der Waals surface area (Å²) in [5.41, 5.74) is 0.525. The van der Waals surface area contributed by atoms with Gasteiger partial charge in [0.2, 0.25) is 11.8 Å². The summed E-state index contributed by atoms with van der Waals surface area (Å²) in [4.78, 5) is 28.5. The molecule has 0 aliphatic rings. The molecule has 0 aromatic heterocycles. The van der Waals surface area contributed by atoms with Gasteiger partial charge < -0.3 is 15.0 Å². The number of carbonyl (C=O) groups is 2. The summed E-state index contributed by atoms with van der Waals surface area (Å²) < 4.78 is 34.1. The maximum atomic E-state index is 13.9. The molecule has 0 heterocycles. The molecule has 1 unspecified atom stereocenters. The molecule has 3 aromatic rings. The number of para-hydroxylation sites is 2. The number of ether oxygens (including phenoxy) is 1. The van der Waals surface area contributed by atoms with Crippen LogP contribution in [0.4, 0.5) is 5.69 Å². The molecule has 3 rings (SSSR count). The summed E-state index contributed by atoms with van der Waals surface area (Å²) in [7, 11) is -2.72. The number of rotatable bonds is 10. The van der Waals surface area contributed by atoms with Gasteiger partial charge in [-0.2, -0.15) is 0 Å². The van der Waals surface area contributed by atoms with E-state index in [1.54, 1.807) is 49.4 Å². The van der Waals surface area contributed by atoms with Crippen LogP contribution >= 0.6 is 0 Å². The Morgan fingerprint density at radius 3 is 2.03 bits per heavy atom. The van der Waals surface area contributed by atoms with Gasteiger partial charge in [-0.05, 0) is 57.5 Å². The number of anilines is 1. The fourth-order valence-corrected chi connectivity index (χ4v) is 5.35. The van der Waals surface area contributed by atoms with E-state index in [-0.39, 0.29) is 23.0 Å². The number of nitrogens with zero attached hydrogens (tertiary/aromatic N) is 2. The number of benzene rings is 3. The number of sulfonamides is 1. The monoisotopic (exact) mass is 537 g/mol. The highest BCUT2D eigenvalue weighted by Crippen LogP contribution is 2.32. The van der Waals surface area contributed by atoms with E-state index in [9.17, 15) is 18.0 Å². The lowest BCUT2D eigenvalue weighted by atomic mass is 10.1. The minimum atomic E-state index is -4.16. The highest BCUT2D eigenvalue weighted by molar-refractivity contribution is 7.92. The summed E-state index contributed by atoms with van der Waals surface area (Å²) in [5, 5.41) is 2.91. The van der Waals surface area contributed by atoms with Crippen LogP contribution in [0.15, 0.2) is 89.8 Å². The first kappa shape index (κ1) is 28.7. The smallest absolute Gasteiger partial charge is 0.264 e. The average Bonchev–Trinajstić information content (AvgIpc) is 2.90. The van der Waals surface area contributed by atoms with Crippen LogP contribution in [0.5, 0.6) is 5.75 Å². The molecule has 0 spiro atoms. The van der Waals surface area contributed by atoms with Crippen LogP contribution in [0.2, 0.25) is 0 Å². The summed E-state index contributed by atoms with van der Waals surface area (Å²) >= 11 is 0. The normalized spacial score (nSPS) is 12.3. The lowest BCUT2D eigenvalue weighted by molar-refractivity contribution is -0.140. The van der Waals surface area contributed by atoms with E-state index in [2.05, 4.69) is 5.32 Å².